The van der Waals surface area contributed by atoms with Crippen LogP contribution in [0.25, 0.3) is 0 Å². The molecule has 2 aromatic carbocycles. The number of hydrogen-bond donors (Lipinski definition) is 2. The quantitative estimate of drug-likeness (QED) is 0.728. The van der Waals surface area contributed by atoms with Crippen LogP contribution >= 0.6 is 43.5 Å². The monoisotopic (exact) mass is 403 g/mol. The van der Waals surface area contributed by atoms with Crippen molar-refractivity contribution in [1.29, 1.82) is 0 Å². The van der Waals surface area contributed by atoms with Gasteiger partial charge in [0, 0.05) is 14.0 Å². The molecule has 2 N–H and O–H groups in total. The van der Waals surface area contributed by atoms with Gasteiger partial charge in [0.1, 0.15) is 0 Å². The molecular formula is C13H8Br2ClNO2. The van der Waals surface area contributed by atoms with Crippen molar-refractivity contribution in [3.05, 3.63) is 55.9 Å². The van der Waals surface area contributed by atoms with Gasteiger partial charge in [0.05, 0.1) is 16.9 Å². The lowest BCUT2D eigenvalue weighted by atomic mass is 10.1. The molecule has 0 atom stereocenters. The summed E-state index contributed by atoms with van der Waals surface area (Å²) in [5.41, 5.74) is 1.35. The minimum Gasteiger partial charge on any atom is -0.478 e. The van der Waals surface area contributed by atoms with E-state index in [1.54, 1.807) is 12.1 Å². The van der Waals surface area contributed by atoms with Gasteiger partial charge in [0.25, 0.3) is 0 Å². The van der Waals surface area contributed by atoms with Gasteiger partial charge < -0.3 is 10.4 Å². The summed E-state index contributed by atoms with van der Waals surface area (Å²) in [4.78, 5) is 11.2. The Kier molecular flexibility index (Phi) is 4.50. The van der Waals surface area contributed by atoms with E-state index in [4.69, 9.17) is 11.6 Å². The third-order valence-electron chi connectivity index (χ3n) is 2.43. The number of para-hydroxylation sites is 1. The van der Waals surface area contributed by atoms with Crippen molar-refractivity contribution < 1.29 is 9.90 Å². The predicted octanol–water partition coefficient (Wildman–Crippen LogP) is 5.31. The van der Waals surface area contributed by atoms with Crippen molar-refractivity contribution in [1.82, 2.24) is 0 Å². The number of aromatic carboxylic acids is 1. The second kappa shape index (κ2) is 5.94. The van der Waals surface area contributed by atoms with E-state index < -0.39 is 5.97 Å². The van der Waals surface area contributed by atoms with E-state index in [9.17, 15) is 9.90 Å². The third-order valence-corrected chi connectivity index (χ3v) is 3.99. The van der Waals surface area contributed by atoms with Gasteiger partial charge in [0.15, 0.2) is 0 Å². The summed E-state index contributed by atoms with van der Waals surface area (Å²) in [5.74, 6) is -1.03. The number of carboxylic acid groups (broad SMARTS) is 1. The molecule has 0 aliphatic carbocycles. The van der Waals surface area contributed by atoms with Gasteiger partial charge in [-0.15, -0.1) is 0 Å². The van der Waals surface area contributed by atoms with Gasteiger partial charge in [-0.2, -0.15) is 0 Å². The highest BCUT2D eigenvalue weighted by molar-refractivity contribution is 9.11. The Hall–Kier alpha value is -1.04. The van der Waals surface area contributed by atoms with Gasteiger partial charge >= 0.3 is 5.97 Å². The number of carboxylic acids is 1. The molecule has 0 aromatic heterocycles. The van der Waals surface area contributed by atoms with Crippen molar-refractivity contribution >= 4 is 60.8 Å². The fraction of sp³-hybridized carbons (Fsp3) is 0. The van der Waals surface area contributed by atoms with Crippen LogP contribution in [0.1, 0.15) is 10.4 Å². The maximum atomic E-state index is 11.2. The SMILES string of the molecule is O=C(O)c1cc(Cl)ccc1Nc1c(Br)cccc1Br. The van der Waals surface area contributed by atoms with E-state index in [-0.39, 0.29) is 5.56 Å². The van der Waals surface area contributed by atoms with E-state index in [2.05, 4.69) is 37.2 Å². The zero-order valence-electron chi connectivity index (χ0n) is 9.45. The summed E-state index contributed by atoms with van der Waals surface area (Å²) in [6.45, 7) is 0. The highest BCUT2D eigenvalue weighted by atomic mass is 79.9. The minimum absolute atomic E-state index is 0.121. The molecule has 0 saturated heterocycles. The van der Waals surface area contributed by atoms with Crippen LogP contribution in [0, 0.1) is 0 Å². The predicted molar refractivity (Wildman–Crippen MR) is 83.5 cm³/mol. The maximum Gasteiger partial charge on any atom is 0.337 e. The van der Waals surface area contributed by atoms with Crippen molar-refractivity contribution in [3.8, 4) is 0 Å². The number of halogens is 3. The molecule has 0 aliphatic heterocycles. The zero-order chi connectivity index (χ0) is 14.0. The molecular weight excluding hydrogens is 397 g/mol. The molecule has 98 valence electrons. The van der Waals surface area contributed by atoms with Crippen LogP contribution in [-0.4, -0.2) is 11.1 Å². The fourth-order valence-corrected chi connectivity index (χ4v) is 2.92. The molecule has 0 heterocycles. The molecule has 0 spiro atoms. The van der Waals surface area contributed by atoms with Crippen LogP contribution < -0.4 is 5.32 Å². The molecule has 19 heavy (non-hydrogen) atoms. The van der Waals surface area contributed by atoms with E-state index >= 15 is 0 Å². The average molecular weight is 405 g/mol. The molecule has 0 unspecified atom stereocenters. The summed E-state index contributed by atoms with van der Waals surface area (Å²) in [7, 11) is 0. The van der Waals surface area contributed by atoms with Crippen LogP contribution in [0.4, 0.5) is 11.4 Å². The normalized spacial score (nSPS) is 10.3. The average Bonchev–Trinajstić information content (AvgIpc) is 2.35. The van der Waals surface area contributed by atoms with Gasteiger partial charge in [-0.1, -0.05) is 17.7 Å². The third kappa shape index (κ3) is 3.29. The number of hydrogen-bond acceptors (Lipinski definition) is 2. The second-order valence-corrected chi connectivity index (χ2v) is 5.86. The minimum atomic E-state index is -1.03. The van der Waals surface area contributed by atoms with Gasteiger partial charge in [-0.3, -0.25) is 0 Å². The Morgan fingerprint density at radius 3 is 2.37 bits per heavy atom. The smallest absolute Gasteiger partial charge is 0.337 e. The first-order valence-electron chi connectivity index (χ1n) is 5.23. The molecule has 0 aliphatic rings. The Labute approximate surface area is 131 Å². The number of carbonyl (C=O) groups is 1. The molecule has 0 fully saturated rings. The fourth-order valence-electron chi connectivity index (χ4n) is 1.55. The lowest BCUT2D eigenvalue weighted by molar-refractivity contribution is 0.0698. The summed E-state index contributed by atoms with van der Waals surface area (Å²) in [6, 6.07) is 10.3. The van der Waals surface area contributed by atoms with Crippen LogP contribution in [0.5, 0.6) is 0 Å². The molecule has 6 heteroatoms. The van der Waals surface area contributed by atoms with Crippen LogP contribution in [-0.2, 0) is 0 Å². The summed E-state index contributed by atoms with van der Waals surface area (Å²) < 4.78 is 1.65. The van der Waals surface area contributed by atoms with Gasteiger partial charge in [0.2, 0.25) is 0 Å². The first-order valence-corrected chi connectivity index (χ1v) is 7.19. The molecule has 0 saturated carbocycles. The van der Waals surface area contributed by atoms with E-state index in [1.165, 1.54) is 6.07 Å². The van der Waals surface area contributed by atoms with Crippen LogP contribution in [0.2, 0.25) is 5.02 Å². The zero-order valence-corrected chi connectivity index (χ0v) is 13.4. The Balaban J connectivity index is 2.47. The van der Waals surface area contributed by atoms with Crippen molar-refractivity contribution in [2.45, 2.75) is 0 Å². The summed E-state index contributed by atoms with van der Waals surface area (Å²) in [6.07, 6.45) is 0. The van der Waals surface area contributed by atoms with Gasteiger partial charge in [-0.25, -0.2) is 4.79 Å². The van der Waals surface area contributed by atoms with Crippen molar-refractivity contribution in [2.75, 3.05) is 5.32 Å². The summed E-state index contributed by atoms with van der Waals surface area (Å²) in [5, 5.41) is 12.7. The lowest BCUT2D eigenvalue weighted by Gasteiger charge is -2.13. The lowest BCUT2D eigenvalue weighted by Crippen LogP contribution is -2.03. The summed E-state index contributed by atoms with van der Waals surface area (Å²) >= 11 is 12.6. The van der Waals surface area contributed by atoms with E-state index in [0.29, 0.717) is 10.7 Å². The first kappa shape index (κ1) is 14.4. The van der Waals surface area contributed by atoms with E-state index in [0.717, 1.165) is 14.6 Å². The molecule has 2 aromatic rings. The highest BCUT2D eigenvalue weighted by Gasteiger charge is 2.13. The molecule has 3 nitrogen and oxygen atoms in total. The largest absolute Gasteiger partial charge is 0.478 e. The van der Waals surface area contributed by atoms with E-state index in [1.807, 2.05) is 18.2 Å². The number of nitrogens with one attached hydrogen (secondary N) is 1. The highest BCUT2D eigenvalue weighted by Crippen LogP contribution is 2.34. The van der Waals surface area contributed by atoms with Gasteiger partial charge in [-0.05, 0) is 62.2 Å². The topological polar surface area (TPSA) is 49.3 Å². The van der Waals surface area contributed by atoms with Crippen LogP contribution in [0.3, 0.4) is 0 Å². The standard InChI is InChI=1S/C13H8Br2ClNO2/c14-9-2-1-3-10(15)12(9)17-11-5-4-7(16)6-8(11)13(18)19/h1-6,17H,(H,18,19). The Morgan fingerprint density at radius 2 is 1.79 bits per heavy atom. The van der Waals surface area contributed by atoms with Crippen molar-refractivity contribution in [3.63, 3.8) is 0 Å². The van der Waals surface area contributed by atoms with Crippen LogP contribution in [0.15, 0.2) is 45.3 Å². The van der Waals surface area contributed by atoms with Crippen molar-refractivity contribution in [2.24, 2.45) is 0 Å². The molecule has 0 bridgehead atoms. The maximum absolute atomic E-state index is 11.2. The number of rotatable bonds is 3. The number of benzene rings is 2. The second-order valence-electron chi connectivity index (χ2n) is 3.72. The Bertz CT molecular complexity index is 626. The molecule has 2 rings (SSSR count). The number of anilines is 2. The Morgan fingerprint density at radius 1 is 1.16 bits per heavy atom. The first-order chi connectivity index (χ1) is 8.99. The molecule has 0 radical (unpaired) electrons. The molecule has 0 amide bonds.